The molecule has 2 aromatic rings. The number of hydrogen-bond acceptors (Lipinski definition) is 2. The van der Waals surface area contributed by atoms with Gasteiger partial charge in [-0.1, -0.05) is 23.7 Å². The lowest BCUT2D eigenvalue weighted by molar-refractivity contribution is -0.121. The lowest BCUT2D eigenvalue weighted by Gasteiger charge is -2.08. The second-order valence-corrected chi connectivity index (χ2v) is 5.02. The van der Waals surface area contributed by atoms with Gasteiger partial charge >= 0.3 is 0 Å². The molecule has 2 rings (SSSR count). The molecule has 0 saturated carbocycles. The van der Waals surface area contributed by atoms with Crippen molar-refractivity contribution in [3.8, 4) is 0 Å². The van der Waals surface area contributed by atoms with E-state index >= 15 is 0 Å². The van der Waals surface area contributed by atoms with Crippen LogP contribution in [-0.2, 0) is 11.3 Å². The van der Waals surface area contributed by atoms with E-state index in [4.69, 9.17) is 11.6 Å². The molecule has 0 heterocycles. The normalized spacial score (nSPS) is 10.2. The fraction of sp³-hybridized carbons (Fsp3) is 0.188. The van der Waals surface area contributed by atoms with Gasteiger partial charge in [-0.15, -0.1) is 0 Å². The van der Waals surface area contributed by atoms with E-state index in [2.05, 4.69) is 10.6 Å². The third-order valence-electron chi connectivity index (χ3n) is 2.93. The van der Waals surface area contributed by atoms with Gasteiger partial charge < -0.3 is 10.6 Å². The Balaban J connectivity index is 1.67. The Labute approximate surface area is 128 Å². The number of hydrogen-bond donors (Lipinski definition) is 2. The number of benzene rings is 2. The fourth-order valence-corrected chi connectivity index (χ4v) is 1.91. The predicted molar refractivity (Wildman–Crippen MR) is 82.8 cm³/mol. The van der Waals surface area contributed by atoms with E-state index in [1.165, 1.54) is 12.1 Å². The highest BCUT2D eigenvalue weighted by Gasteiger charge is 2.01. The Bertz CT molecular complexity index is 584. The molecule has 1 amide bonds. The van der Waals surface area contributed by atoms with Crippen LogP contribution < -0.4 is 10.6 Å². The van der Waals surface area contributed by atoms with Gasteiger partial charge in [0, 0.05) is 30.2 Å². The topological polar surface area (TPSA) is 41.1 Å². The SMILES string of the molecule is O=C(CCNc1ccc(Cl)cc1)NCc1ccc(F)cc1. The van der Waals surface area contributed by atoms with E-state index in [9.17, 15) is 9.18 Å². The van der Waals surface area contributed by atoms with Crippen LogP contribution in [0.4, 0.5) is 10.1 Å². The first-order chi connectivity index (χ1) is 10.1. The van der Waals surface area contributed by atoms with E-state index < -0.39 is 0 Å². The molecule has 2 aromatic carbocycles. The molecule has 0 aliphatic carbocycles. The van der Waals surface area contributed by atoms with Crippen LogP contribution in [-0.4, -0.2) is 12.5 Å². The lowest BCUT2D eigenvalue weighted by atomic mass is 10.2. The third kappa shape index (κ3) is 5.44. The molecule has 3 nitrogen and oxygen atoms in total. The van der Waals surface area contributed by atoms with E-state index in [-0.39, 0.29) is 11.7 Å². The summed E-state index contributed by atoms with van der Waals surface area (Å²) in [4.78, 5) is 11.7. The van der Waals surface area contributed by atoms with E-state index in [0.717, 1.165) is 11.3 Å². The standard InChI is InChI=1S/C16H16ClFN2O/c17-13-3-7-15(8-4-13)19-10-9-16(21)20-11-12-1-5-14(18)6-2-12/h1-8,19H,9-11H2,(H,20,21). The second kappa shape index (κ2) is 7.64. The van der Waals surface area contributed by atoms with Crippen LogP contribution in [0, 0.1) is 5.82 Å². The molecule has 0 fully saturated rings. The molecule has 5 heteroatoms. The maximum atomic E-state index is 12.7. The first-order valence-electron chi connectivity index (χ1n) is 6.64. The van der Waals surface area contributed by atoms with Gasteiger partial charge in [0.1, 0.15) is 5.82 Å². The van der Waals surface area contributed by atoms with Crippen molar-refractivity contribution >= 4 is 23.2 Å². The van der Waals surface area contributed by atoms with Crippen LogP contribution in [0.3, 0.4) is 0 Å². The Morgan fingerprint density at radius 3 is 2.38 bits per heavy atom. The maximum Gasteiger partial charge on any atom is 0.222 e. The number of carbonyl (C=O) groups excluding carboxylic acids is 1. The summed E-state index contributed by atoms with van der Waals surface area (Å²) >= 11 is 5.79. The van der Waals surface area contributed by atoms with Crippen LogP contribution in [0.15, 0.2) is 48.5 Å². The molecule has 0 unspecified atom stereocenters. The van der Waals surface area contributed by atoms with Crippen molar-refractivity contribution in [2.45, 2.75) is 13.0 Å². The Morgan fingerprint density at radius 2 is 1.71 bits per heavy atom. The average Bonchev–Trinajstić information content (AvgIpc) is 2.49. The zero-order valence-corrected chi connectivity index (χ0v) is 12.2. The van der Waals surface area contributed by atoms with Crippen molar-refractivity contribution in [3.63, 3.8) is 0 Å². The summed E-state index contributed by atoms with van der Waals surface area (Å²) in [6.07, 6.45) is 0.365. The minimum atomic E-state index is -0.280. The first kappa shape index (κ1) is 15.3. The lowest BCUT2D eigenvalue weighted by Crippen LogP contribution is -2.24. The first-order valence-corrected chi connectivity index (χ1v) is 7.02. The summed E-state index contributed by atoms with van der Waals surface area (Å²) < 4.78 is 12.7. The molecule has 0 aromatic heterocycles. The van der Waals surface area contributed by atoms with Crippen molar-refractivity contribution < 1.29 is 9.18 Å². The number of anilines is 1. The molecule has 0 atom stereocenters. The second-order valence-electron chi connectivity index (χ2n) is 4.59. The predicted octanol–water partition coefficient (Wildman–Crippen LogP) is 3.60. The van der Waals surface area contributed by atoms with Gasteiger partial charge in [0.15, 0.2) is 0 Å². The molecule has 0 aliphatic heterocycles. The molecular weight excluding hydrogens is 291 g/mol. The molecule has 2 N–H and O–H groups in total. The van der Waals surface area contributed by atoms with Crippen LogP contribution in [0.5, 0.6) is 0 Å². The highest BCUT2D eigenvalue weighted by molar-refractivity contribution is 6.30. The van der Waals surface area contributed by atoms with Crippen molar-refractivity contribution in [3.05, 3.63) is 64.9 Å². The van der Waals surface area contributed by atoms with E-state index in [1.807, 2.05) is 12.1 Å². The van der Waals surface area contributed by atoms with Crippen LogP contribution >= 0.6 is 11.6 Å². The number of rotatable bonds is 6. The van der Waals surface area contributed by atoms with Crippen LogP contribution in [0.25, 0.3) is 0 Å². The third-order valence-corrected chi connectivity index (χ3v) is 3.18. The van der Waals surface area contributed by atoms with Gasteiger partial charge in [-0.25, -0.2) is 4.39 Å². The van der Waals surface area contributed by atoms with Gasteiger partial charge in [-0.2, -0.15) is 0 Å². The maximum absolute atomic E-state index is 12.7. The van der Waals surface area contributed by atoms with E-state index in [1.54, 1.807) is 24.3 Å². The van der Waals surface area contributed by atoms with Crippen LogP contribution in [0.1, 0.15) is 12.0 Å². The zero-order valence-electron chi connectivity index (χ0n) is 11.4. The summed E-state index contributed by atoms with van der Waals surface area (Å²) in [6.45, 7) is 0.941. The fourth-order valence-electron chi connectivity index (χ4n) is 1.78. The highest BCUT2D eigenvalue weighted by Crippen LogP contribution is 2.13. The number of carbonyl (C=O) groups is 1. The molecule has 0 aliphatic rings. The van der Waals surface area contributed by atoms with Gasteiger partial charge in [-0.3, -0.25) is 4.79 Å². The van der Waals surface area contributed by atoms with Gasteiger partial charge in [0.2, 0.25) is 5.91 Å². The van der Waals surface area contributed by atoms with E-state index in [0.29, 0.717) is 24.5 Å². The van der Waals surface area contributed by atoms with Crippen molar-refractivity contribution in [1.82, 2.24) is 5.32 Å². The number of nitrogens with one attached hydrogen (secondary N) is 2. The summed E-state index contributed by atoms with van der Waals surface area (Å²) in [5.41, 5.74) is 1.79. The van der Waals surface area contributed by atoms with Crippen molar-refractivity contribution in [2.75, 3.05) is 11.9 Å². The number of amides is 1. The minimum Gasteiger partial charge on any atom is -0.385 e. The largest absolute Gasteiger partial charge is 0.385 e. The summed E-state index contributed by atoms with van der Waals surface area (Å²) in [5, 5.41) is 6.61. The average molecular weight is 307 g/mol. The Hall–Kier alpha value is -2.07. The number of halogens is 2. The van der Waals surface area contributed by atoms with Crippen LogP contribution in [0.2, 0.25) is 5.02 Å². The molecule has 0 spiro atoms. The molecular formula is C16H16ClFN2O. The molecule has 21 heavy (non-hydrogen) atoms. The van der Waals surface area contributed by atoms with Gasteiger partial charge in [0.25, 0.3) is 0 Å². The monoisotopic (exact) mass is 306 g/mol. The van der Waals surface area contributed by atoms with Gasteiger partial charge in [0.05, 0.1) is 0 Å². The summed E-state index contributed by atoms with van der Waals surface area (Å²) in [6, 6.07) is 13.4. The molecule has 0 bridgehead atoms. The Kier molecular flexibility index (Phi) is 5.58. The quantitative estimate of drug-likeness (QED) is 0.856. The smallest absolute Gasteiger partial charge is 0.222 e. The molecule has 0 radical (unpaired) electrons. The summed E-state index contributed by atoms with van der Waals surface area (Å²) in [5.74, 6) is -0.335. The Morgan fingerprint density at radius 1 is 1.05 bits per heavy atom. The highest BCUT2D eigenvalue weighted by atomic mass is 35.5. The minimum absolute atomic E-state index is 0.0548. The van der Waals surface area contributed by atoms with Crippen molar-refractivity contribution in [1.29, 1.82) is 0 Å². The molecule has 110 valence electrons. The van der Waals surface area contributed by atoms with Gasteiger partial charge in [-0.05, 0) is 42.0 Å². The van der Waals surface area contributed by atoms with Crippen molar-refractivity contribution in [2.24, 2.45) is 0 Å². The molecule has 0 saturated heterocycles. The summed E-state index contributed by atoms with van der Waals surface area (Å²) in [7, 11) is 0. The zero-order chi connectivity index (χ0) is 15.1.